The van der Waals surface area contributed by atoms with Crippen molar-refractivity contribution in [3.63, 3.8) is 0 Å². The van der Waals surface area contributed by atoms with Crippen molar-refractivity contribution in [2.75, 3.05) is 23.3 Å². The number of hydrogen-bond acceptors (Lipinski definition) is 5. The highest BCUT2D eigenvalue weighted by Gasteiger charge is 2.30. The molecule has 0 bridgehead atoms. The predicted molar refractivity (Wildman–Crippen MR) is 101 cm³/mol. The van der Waals surface area contributed by atoms with Crippen molar-refractivity contribution in [1.82, 2.24) is 0 Å². The summed E-state index contributed by atoms with van der Waals surface area (Å²) < 4.78 is 111. The lowest BCUT2D eigenvalue weighted by atomic mass is 10.3. The van der Waals surface area contributed by atoms with Crippen LogP contribution in [0.4, 0.5) is 37.7 Å². The summed E-state index contributed by atoms with van der Waals surface area (Å²) in [4.78, 5) is 10.7. The number of hydrogen-bond donors (Lipinski definition) is 2. The summed E-state index contributed by atoms with van der Waals surface area (Å²) in [6.45, 7) is -2.27. The van der Waals surface area contributed by atoms with Crippen molar-refractivity contribution >= 4 is 27.3 Å². The summed E-state index contributed by atoms with van der Waals surface area (Å²) in [6.07, 6.45) is -9.48. The van der Waals surface area contributed by atoms with Crippen molar-refractivity contribution in [3.05, 3.63) is 42.5 Å². The molecule has 32 heavy (non-hydrogen) atoms. The second-order valence-electron chi connectivity index (χ2n) is 6.31. The van der Waals surface area contributed by atoms with E-state index in [0.717, 1.165) is 30.3 Å². The first-order valence-electron chi connectivity index (χ1n) is 8.58. The van der Waals surface area contributed by atoms with Crippen molar-refractivity contribution < 1.29 is 49.0 Å². The van der Waals surface area contributed by atoms with Crippen LogP contribution >= 0.6 is 0 Å². The van der Waals surface area contributed by atoms with E-state index in [9.17, 15) is 39.6 Å². The van der Waals surface area contributed by atoms with Gasteiger partial charge in [0, 0.05) is 30.8 Å². The Labute approximate surface area is 178 Å². The lowest BCUT2D eigenvalue weighted by molar-refractivity contribution is -0.153. The molecule has 14 heteroatoms. The van der Waals surface area contributed by atoms with E-state index >= 15 is 0 Å². The SMILES string of the molecule is CC(=O)Nc1ccc(S(=O)(=O)Nc2cc(OCC(F)(F)F)cc(OCC(F)(F)F)c2)cc1. The van der Waals surface area contributed by atoms with Crippen LogP contribution in [0.15, 0.2) is 47.4 Å². The van der Waals surface area contributed by atoms with E-state index in [-0.39, 0.29) is 10.8 Å². The van der Waals surface area contributed by atoms with Crippen LogP contribution < -0.4 is 19.5 Å². The third-order valence-electron chi connectivity index (χ3n) is 3.42. The molecule has 0 saturated carbocycles. The Balaban J connectivity index is 2.29. The first-order chi connectivity index (χ1) is 14.6. The van der Waals surface area contributed by atoms with Crippen molar-refractivity contribution in [2.24, 2.45) is 0 Å². The molecule has 0 aliphatic heterocycles. The molecule has 2 rings (SSSR count). The number of anilines is 2. The largest absolute Gasteiger partial charge is 0.484 e. The number of halogens is 6. The molecule has 2 aromatic rings. The summed E-state index contributed by atoms with van der Waals surface area (Å²) in [5.74, 6) is -1.53. The van der Waals surface area contributed by atoms with Gasteiger partial charge in [-0.1, -0.05) is 0 Å². The van der Waals surface area contributed by atoms with Crippen molar-refractivity contribution in [1.29, 1.82) is 0 Å². The van der Waals surface area contributed by atoms with Gasteiger partial charge in [-0.15, -0.1) is 0 Å². The Bertz CT molecular complexity index is 1020. The summed E-state index contributed by atoms with van der Waals surface area (Å²) in [6, 6.07) is 7.33. The standard InChI is InChI=1S/C18H16F6N2O5S/c1-11(27)25-12-2-4-16(5-3-12)32(28,29)26-13-6-14(30-9-17(19,20)21)8-15(7-13)31-10-18(22,23)24/h2-8,26H,9-10H2,1H3,(H,25,27). The highest BCUT2D eigenvalue weighted by Crippen LogP contribution is 2.30. The third-order valence-corrected chi connectivity index (χ3v) is 4.82. The molecule has 2 aromatic carbocycles. The maximum Gasteiger partial charge on any atom is 0.422 e. The second kappa shape index (κ2) is 9.54. The first-order valence-corrected chi connectivity index (χ1v) is 10.1. The molecule has 7 nitrogen and oxygen atoms in total. The van der Waals surface area contributed by atoms with Crippen LogP contribution in [0.1, 0.15) is 6.92 Å². The molecule has 0 spiro atoms. The second-order valence-corrected chi connectivity index (χ2v) is 7.99. The van der Waals surface area contributed by atoms with Gasteiger partial charge in [0.2, 0.25) is 5.91 Å². The fourth-order valence-corrected chi connectivity index (χ4v) is 3.30. The van der Waals surface area contributed by atoms with E-state index in [1.54, 1.807) is 0 Å². The Kier molecular flexibility index (Phi) is 7.49. The minimum atomic E-state index is -4.74. The summed E-state index contributed by atoms with van der Waals surface area (Å²) in [5.41, 5.74) is -0.0883. The van der Waals surface area contributed by atoms with Crippen LogP contribution in [0.3, 0.4) is 0 Å². The molecule has 1 amide bonds. The maximum atomic E-state index is 12.6. The summed E-state index contributed by atoms with van der Waals surface area (Å²) >= 11 is 0. The van der Waals surface area contributed by atoms with Gasteiger partial charge in [-0.05, 0) is 24.3 Å². The van der Waals surface area contributed by atoms with E-state index in [1.807, 2.05) is 4.72 Å². The number of sulfonamides is 1. The summed E-state index contributed by atoms with van der Waals surface area (Å²) in [7, 11) is -4.30. The van der Waals surface area contributed by atoms with Crippen LogP contribution in [-0.2, 0) is 14.8 Å². The normalized spacial score (nSPS) is 12.2. The highest BCUT2D eigenvalue weighted by molar-refractivity contribution is 7.92. The number of alkyl halides is 6. The van der Waals surface area contributed by atoms with Crippen LogP contribution in [0.5, 0.6) is 11.5 Å². The Hall–Kier alpha value is -3.16. The lowest BCUT2D eigenvalue weighted by Gasteiger charge is -2.15. The van der Waals surface area contributed by atoms with Crippen LogP contribution in [0.25, 0.3) is 0 Å². The highest BCUT2D eigenvalue weighted by atomic mass is 32.2. The minimum Gasteiger partial charge on any atom is -0.484 e. The number of rotatable bonds is 8. The molecule has 0 aliphatic rings. The van der Waals surface area contributed by atoms with Gasteiger partial charge in [0.1, 0.15) is 11.5 Å². The lowest BCUT2D eigenvalue weighted by Crippen LogP contribution is -2.20. The minimum absolute atomic E-state index is 0.286. The van der Waals surface area contributed by atoms with E-state index in [0.29, 0.717) is 5.69 Å². The number of carbonyl (C=O) groups excluding carboxylic acids is 1. The average molecular weight is 486 g/mol. The van der Waals surface area contributed by atoms with E-state index in [1.165, 1.54) is 19.1 Å². The van der Waals surface area contributed by atoms with Gasteiger partial charge in [0.05, 0.1) is 10.6 Å². The number of nitrogens with one attached hydrogen (secondary N) is 2. The van der Waals surface area contributed by atoms with Gasteiger partial charge in [-0.2, -0.15) is 26.3 Å². The van der Waals surface area contributed by atoms with Gasteiger partial charge in [0.25, 0.3) is 10.0 Å². The van der Waals surface area contributed by atoms with Gasteiger partial charge >= 0.3 is 12.4 Å². The van der Waals surface area contributed by atoms with E-state index in [4.69, 9.17) is 0 Å². The molecule has 176 valence electrons. The molecule has 0 fully saturated rings. The van der Waals surface area contributed by atoms with Crippen LogP contribution in [0.2, 0.25) is 0 Å². The number of amides is 1. The average Bonchev–Trinajstić information content (AvgIpc) is 2.63. The van der Waals surface area contributed by atoms with Crippen LogP contribution in [-0.4, -0.2) is 39.9 Å². The Morgan fingerprint density at radius 2 is 1.31 bits per heavy atom. The molecule has 2 N–H and O–H groups in total. The Morgan fingerprint density at radius 1 is 0.844 bits per heavy atom. The zero-order valence-electron chi connectivity index (χ0n) is 16.2. The number of benzene rings is 2. The quantitative estimate of drug-likeness (QED) is 0.542. The van der Waals surface area contributed by atoms with Crippen molar-refractivity contribution in [3.8, 4) is 11.5 Å². The smallest absolute Gasteiger partial charge is 0.422 e. The molecule has 0 aliphatic carbocycles. The van der Waals surface area contributed by atoms with Gasteiger partial charge < -0.3 is 14.8 Å². The number of carbonyl (C=O) groups is 1. The molecule has 0 unspecified atom stereocenters. The number of ether oxygens (including phenoxy) is 2. The molecule has 0 atom stereocenters. The van der Waals surface area contributed by atoms with Gasteiger partial charge in [0.15, 0.2) is 13.2 Å². The van der Waals surface area contributed by atoms with E-state index in [2.05, 4.69) is 14.8 Å². The first kappa shape index (κ1) is 25.1. The molecule has 0 heterocycles. The maximum absolute atomic E-state index is 12.6. The Morgan fingerprint density at radius 3 is 1.72 bits per heavy atom. The zero-order valence-corrected chi connectivity index (χ0v) is 17.0. The molecule has 0 aromatic heterocycles. The molecule has 0 radical (unpaired) electrons. The van der Waals surface area contributed by atoms with Gasteiger partial charge in [-0.3, -0.25) is 9.52 Å². The molecular weight excluding hydrogens is 470 g/mol. The third kappa shape index (κ3) is 8.53. The monoisotopic (exact) mass is 486 g/mol. The van der Waals surface area contributed by atoms with Crippen molar-refractivity contribution in [2.45, 2.75) is 24.2 Å². The topological polar surface area (TPSA) is 93.7 Å². The fraction of sp³-hybridized carbons (Fsp3) is 0.278. The van der Waals surface area contributed by atoms with Gasteiger partial charge in [-0.25, -0.2) is 8.42 Å². The molecule has 0 saturated heterocycles. The predicted octanol–water partition coefficient (Wildman–Crippen LogP) is 4.33. The molecular formula is C18H16F6N2O5S. The summed E-state index contributed by atoms with van der Waals surface area (Å²) in [5, 5.41) is 2.43. The van der Waals surface area contributed by atoms with Crippen LogP contribution in [0, 0.1) is 0 Å². The fourth-order valence-electron chi connectivity index (χ4n) is 2.26. The zero-order chi connectivity index (χ0) is 24.2. The van der Waals surface area contributed by atoms with E-state index < -0.39 is 52.8 Å².